The van der Waals surface area contributed by atoms with Crippen LogP contribution in [0.3, 0.4) is 0 Å². The van der Waals surface area contributed by atoms with Gasteiger partial charge in [0.1, 0.15) is 5.75 Å². The standard InChI is InChI=1S/C13H13NO4/c1-2-17-13(16)8-18-10-5-3-9-4-6-12(15)14-11(9)7-10/h3-7H,2,8H2,1H3,(H,14,15). The predicted octanol–water partition coefficient (Wildman–Crippen LogP) is 1.47. The summed E-state index contributed by atoms with van der Waals surface area (Å²) < 4.78 is 10.0. The van der Waals surface area contributed by atoms with E-state index >= 15 is 0 Å². The van der Waals surface area contributed by atoms with Crippen LogP contribution in [0.15, 0.2) is 35.1 Å². The van der Waals surface area contributed by atoms with Gasteiger partial charge in [-0.25, -0.2) is 4.79 Å². The van der Waals surface area contributed by atoms with E-state index in [1.54, 1.807) is 25.1 Å². The molecule has 1 N–H and O–H groups in total. The Labute approximate surface area is 103 Å². The van der Waals surface area contributed by atoms with Crippen molar-refractivity contribution >= 4 is 16.9 Å². The van der Waals surface area contributed by atoms with Crippen LogP contribution >= 0.6 is 0 Å². The van der Waals surface area contributed by atoms with Crippen LogP contribution in [0, 0.1) is 0 Å². The van der Waals surface area contributed by atoms with E-state index in [0.29, 0.717) is 17.9 Å². The summed E-state index contributed by atoms with van der Waals surface area (Å²) in [6.07, 6.45) is 0. The van der Waals surface area contributed by atoms with Crippen molar-refractivity contribution in [3.05, 3.63) is 40.7 Å². The zero-order valence-electron chi connectivity index (χ0n) is 9.93. The smallest absolute Gasteiger partial charge is 0.344 e. The first kappa shape index (κ1) is 12.2. The second-order valence-electron chi connectivity index (χ2n) is 3.67. The lowest BCUT2D eigenvalue weighted by Crippen LogP contribution is -2.14. The third-order valence-corrected chi connectivity index (χ3v) is 2.36. The van der Waals surface area contributed by atoms with E-state index in [1.165, 1.54) is 6.07 Å². The van der Waals surface area contributed by atoms with Gasteiger partial charge in [0.05, 0.1) is 12.1 Å². The van der Waals surface area contributed by atoms with E-state index in [1.807, 2.05) is 6.07 Å². The Morgan fingerprint density at radius 3 is 2.83 bits per heavy atom. The minimum absolute atomic E-state index is 0.142. The first-order valence-electron chi connectivity index (χ1n) is 5.60. The predicted molar refractivity (Wildman–Crippen MR) is 66.7 cm³/mol. The maximum atomic E-state index is 11.2. The lowest BCUT2D eigenvalue weighted by molar-refractivity contribution is -0.145. The van der Waals surface area contributed by atoms with Crippen molar-refractivity contribution in [2.75, 3.05) is 13.2 Å². The summed E-state index contributed by atoms with van der Waals surface area (Å²) in [5.74, 6) is 0.0940. The first-order chi connectivity index (χ1) is 8.69. The zero-order chi connectivity index (χ0) is 13.0. The number of hydrogen-bond acceptors (Lipinski definition) is 4. The molecule has 1 aromatic heterocycles. The maximum Gasteiger partial charge on any atom is 0.344 e. The van der Waals surface area contributed by atoms with E-state index in [-0.39, 0.29) is 12.2 Å². The zero-order valence-corrected chi connectivity index (χ0v) is 9.93. The van der Waals surface area contributed by atoms with E-state index in [4.69, 9.17) is 9.47 Å². The van der Waals surface area contributed by atoms with Crippen molar-refractivity contribution in [2.24, 2.45) is 0 Å². The number of esters is 1. The molecule has 94 valence electrons. The highest BCUT2D eigenvalue weighted by Gasteiger charge is 2.03. The Hall–Kier alpha value is -2.30. The highest BCUT2D eigenvalue weighted by molar-refractivity contribution is 5.79. The van der Waals surface area contributed by atoms with Gasteiger partial charge in [0.25, 0.3) is 0 Å². The van der Waals surface area contributed by atoms with E-state index in [9.17, 15) is 9.59 Å². The van der Waals surface area contributed by atoms with Crippen molar-refractivity contribution in [3.8, 4) is 5.75 Å². The Bertz CT molecular complexity index is 618. The molecule has 5 heteroatoms. The number of hydrogen-bond donors (Lipinski definition) is 1. The van der Waals surface area contributed by atoms with Gasteiger partial charge in [-0.3, -0.25) is 4.79 Å². The molecule has 0 saturated heterocycles. The lowest BCUT2D eigenvalue weighted by atomic mass is 10.2. The quantitative estimate of drug-likeness (QED) is 0.831. The van der Waals surface area contributed by atoms with Gasteiger partial charge >= 0.3 is 5.97 Å². The molecule has 2 aromatic rings. The molecule has 0 bridgehead atoms. The normalized spacial score (nSPS) is 10.3. The number of nitrogens with one attached hydrogen (secondary N) is 1. The molecule has 1 aromatic carbocycles. The number of carbonyl (C=O) groups excluding carboxylic acids is 1. The van der Waals surface area contributed by atoms with Gasteiger partial charge in [0.15, 0.2) is 6.61 Å². The number of rotatable bonds is 4. The number of carbonyl (C=O) groups is 1. The van der Waals surface area contributed by atoms with Crippen LogP contribution in [-0.2, 0) is 9.53 Å². The number of H-pyrrole nitrogens is 1. The highest BCUT2D eigenvalue weighted by Crippen LogP contribution is 2.17. The van der Waals surface area contributed by atoms with E-state index < -0.39 is 5.97 Å². The van der Waals surface area contributed by atoms with Crippen LogP contribution in [-0.4, -0.2) is 24.2 Å². The van der Waals surface area contributed by atoms with Crippen LogP contribution in [0.25, 0.3) is 10.9 Å². The van der Waals surface area contributed by atoms with Crippen LogP contribution < -0.4 is 10.3 Å². The maximum absolute atomic E-state index is 11.2. The molecule has 2 rings (SSSR count). The second-order valence-corrected chi connectivity index (χ2v) is 3.67. The topological polar surface area (TPSA) is 68.4 Å². The van der Waals surface area contributed by atoms with Crippen molar-refractivity contribution in [1.29, 1.82) is 0 Å². The molecular weight excluding hydrogens is 234 g/mol. The summed E-state index contributed by atoms with van der Waals surface area (Å²) in [6.45, 7) is 1.92. The fourth-order valence-electron chi connectivity index (χ4n) is 1.56. The summed E-state index contributed by atoms with van der Waals surface area (Å²) in [5.41, 5.74) is 0.494. The molecule has 0 amide bonds. The average molecular weight is 247 g/mol. The molecule has 0 fully saturated rings. The van der Waals surface area contributed by atoms with Gasteiger partial charge in [-0.1, -0.05) is 0 Å². The van der Waals surface area contributed by atoms with E-state index in [0.717, 1.165) is 5.39 Å². The fourth-order valence-corrected chi connectivity index (χ4v) is 1.56. The number of fused-ring (bicyclic) bond motifs is 1. The fraction of sp³-hybridized carbons (Fsp3) is 0.231. The SMILES string of the molecule is CCOC(=O)COc1ccc2ccc(=O)[nH]c2c1. The van der Waals surface area contributed by atoms with Crippen LogP contribution in [0.2, 0.25) is 0 Å². The molecule has 5 nitrogen and oxygen atoms in total. The Morgan fingerprint density at radius 2 is 2.06 bits per heavy atom. The summed E-state index contributed by atoms with van der Waals surface area (Å²) in [6, 6.07) is 8.41. The number of ether oxygens (including phenoxy) is 2. The number of pyridine rings is 1. The third kappa shape index (κ3) is 2.88. The molecule has 1 heterocycles. The monoisotopic (exact) mass is 247 g/mol. The summed E-state index contributed by atoms with van der Waals surface area (Å²) in [5, 5.41) is 0.901. The molecule has 0 atom stereocenters. The molecule has 0 aliphatic carbocycles. The second kappa shape index (κ2) is 5.35. The van der Waals surface area contributed by atoms with Crippen molar-refractivity contribution in [1.82, 2.24) is 4.98 Å². The van der Waals surface area contributed by atoms with Crippen molar-refractivity contribution in [3.63, 3.8) is 0 Å². The van der Waals surface area contributed by atoms with Gasteiger partial charge in [-0.15, -0.1) is 0 Å². The Balaban J connectivity index is 2.14. The van der Waals surface area contributed by atoms with Crippen LogP contribution in [0.5, 0.6) is 5.75 Å². The third-order valence-electron chi connectivity index (χ3n) is 2.36. The number of aromatic nitrogens is 1. The minimum atomic E-state index is -0.417. The van der Waals surface area contributed by atoms with Crippen LogP contribution in [0.1, 0.15) is 6.92 Å². The minimum Gasteiger partial charge on any atom is -0.482 e. The molecule has 0 saturated carbocycles. The Morgan fingerprint density at radius 1 is 1.28 bits per heavy atom. The lowest BCUT2D eigenvalue weighted by Gasteiger charge is -2.06. The van der Waals surface area contributed by atoms with Gasteiger partial charge < -0.3 is 14.5 Å². The molecule has 0 aliphatic heterocycles. The number of aromatic amines is 1. The van der Waals surface area contributed by atoms with Gasteiger partial charge in [-0.05, 0) is 30.5 Å². The number of benzene rings is 1. The van der Waals surface area contributed by atoms with Gasteiger partial charge in [0.2, 0.25) is 5.56 Å². The van der Waals surface area contributed by atoms with E-state index in [2.05, 4.69) is 4.98 Å². The molecular formula is C13H13NO4. The van der Waals surface area contributed by atoms with Gasteiger partial charge in [0, 0.05) is 12.1 Å². The average Bonchev–Trinajstić information content (AvgIpc) is 2.36. The van der Waals surface area contributed by atoms with Crippen LogP contribution in [0.4, 0.5) is 0 Å². The largest absolute Gasteiger partial charge is 0.482 e. The summed E-state index contributed by atoms with van der Waals surface area (Å²) in [7, 11) is 0. The molecule has 18 heavy (non-hydrogen) atoms. The summed E-state index contributed by atoms with van der Waals surface area (Å²) in [4.78, 5) is 25.0. The molecule has 0 spiro atoms. The highest BCUT2D eigenvalue weighted by atomic mass is 16.6. The first-order valence-corrected chi connectivity index (χ1v) is 5.60. The van der Waals surface area contributed by atoms with Crippen molar-refractivity contribution in [2.45, 2.75) is 6.92 Å². The van der Waals surface area contributed by atoms with Gasteiger partial charge in [-0.2, -0.15) is 0 Å². The summed E-state index contributed by atoms with van der Waals surface area (Å²) >= 11 is 0. The van der Waals surface area contributed by atoms with Crippen molar-refractivity contribution < 1.29 is 14.3 Å². The molecule has 0 radical (unpaired) electrons. The molecule has 0 unspecified atom stereocenters. The molecule has 0 aliphatic rings. The Kier molecular flexibility index (Phi) is 3.62.